The van der Waals surface area contributed by atoms with Crippen LogP contribution in [0.15, 0.2) is 30.5 Å². The van der Waals surface area contributed by atoms with Crippen molar-refractivity contribution in [2.24, 2.45) is 7.05 Å². The van der Waals surface area contributed by atoms with Gasteiger partial charge in [0.05, 0.1) is 18.2 Å². The first-order valence-corrected chi connectivity index (χ1v) is 10.5. The van der Waals surface area contributed by atoms with Gasteiger partial charge in [0.2, 0.25) is 0 Å². The topological polar surface area (TPSA) is 93.4 Å². The Morgan fingerprint density at radius 1 is 1.28 bits per heavy atom. The lowest BCUT2D eigenvalue weighted by Gasteiger charge is -2.30. The second-order valence-electron chi connectivity index (χ2n) is 7.60. The van der Waals surface area contributed by atoms with Gasteiger partial charge in [-0.25, -0.2) is 4.79 Å². The number of imide groups is 1. The van der Waals surface area contributed by atoms with E-state index in [0.717, 1.165) is 22.7 Å². The molecule has 2 heterocycles. The lowest BCUT2D eigenvalue weighted by molar-refractivity contribution is -0.792. The van der Waals surface area contributed by atoms with Crippen LogP contribution in [0.3, 0.4) is 0 Å². The Morgan fingerprint density at radius 2 is 1.97 bits per heavy atom. The van der Waals surface area contributed by atoms with E-state index in [0.29, 0.717) is 18.4 Å². The Morgan fingerprint density at radius 3 is 2.55 bits per heavy atom. The number of benzene rings is 1. The number of thioether (sulfide) groups is 1. The molecule has 2 aromatic rings. The zero-order chi connectivity index (χ0) is 21.3. The van der Waals surface area contributed by atoms with Crippen LogP contribution >= 0.6 is 11.8 Å². The molecule has 2 unspecified atom stereocenters. The maximum atomic E-state index is 13.3. The van der Waals surface area contributed by atoms with Crippen molar-refractivity contribution in [2.75, 3.05) is 6.54 Å². The summed E-state index contributed by atoms with van der Waals surface area (Å²) in [5.74, 6) is -0.847. The molecule has 0 spiro atoms. The Labute approximate surface area is 173 Å². The molecule has 1 N–H and O–H groups in total. The second kappa shape index (κ2) is 8.12. The van der Waals surface area contributed by atoms with E-state index >= 15 is 0 Å². The SMILES string of the molecule is CC(=O)SC(CC(=O)[N+]1(C(=O)O)CCC[C@H]1C)C(=O)c1cn(C)c2ccccc12. The van der Waals surface area contributed by atoms with Gasteiger partial charge in [-0.3, -0.25) is 9.59 Å². The Balaban J connectivity index is 1.96. The summed E-state index contributed by atoms with van der Waals surface area (Å²) in [6.45, 7) is 3.31. The monoisotopic (exact) mass is 417 g/mol. The van der Waals surface area contributed by atoms with Gasteiger partial charge in [0.25, 0.3) is 0 Å². The lowest BCUT2D eigenvalue weighted by atomic mass is 10.0. The van der Waals surface area contributed by atoms with E-state index in [2.05, 4.69) is 0 Å². The zero-order valence-corrected chi connectivity index (χ0v) is 17.6. The summed E-state index contributed by atoms with van der Waals surface area (Å²) >= 11 is 0.798. The van der Waals surface area contributed by atoms with Crippen LogP contribution < -0.4 is 0 Å². The lowest BCUT2D eigenvalue weighted by Crippen LogP contribution is -2.59. The number of fused-ring (bicyclic) bond motifs is 1. The summed E-state index contributed by atoms with van der Waals surface area (Å²) in [7, 11) is 1.83. The molecule has 7 nitrogen and oxygen atoms in total. The van der Waals surface area contributed by atoms with Crippen molar-refractivity contribution >= 4 is 45.6 Å². The molecule has 2 amide bonds. The van der Waals surface area contributed by atoms with Crippen LogP contribution in [0.5, 0.6) is 0 Å². The molecule has 0 saturated carbocycles. The normalized spacial score (nSPS) is 22.5. The van der Waals surface area contributed by atoms with E-state index in [4.69, 9.17) is 0 Å². The highest BCUT2D eigenvalue weighted by Gasteiger charge is 2.53. The van der Waals surface area contributed by atoms with Crippen LogP contribution in [-0.4, -0.2) is 54.9 Å². The highest BCUT2D eigenvalue weighted by molar-refractivity contribution is 8.14. The molecule has 1 aromatic carbocycles. The van der Waals surface area contributed by atoms with Gasteiger partial charge in [-0.2, -0.15) is 9.28 Å². The average molecular weight is 418 g/mol. The Kier molecular flexibility index (Phi) is 5.95. The van der Waals surface area contributed by atoms with Crippen molar-refractivity contribution in [1.82, 2.24) is 4.57 Å². The molecule has 0 radical (unpaired) electrons. The molecule has 0 aliphatic carbocycles. The number of nitrogens with zero attached hydrogens (tertiary/aromatic N) is 2. The molecule has 0 bridgehead atoms. The number of para-hydroxylation sites is 1. The fourth-order valence-corrected chi connectivity index (χ4v) is 5.12. The van der Waals surface area contributed by atoms with Crippen LogP contribution in [0.2, 0.25) is 0 Å². The summed E-state index contributed by atoms with van der Waals surface area (Å²) in [6, 6.07) is 7.07. The average Bonchev–Trinajstić information content (AvgIpc) is 3.21. The number of carbonyl (C=O) groups is 4. The number of amides is 2. The van der Waals surface area contributed by atoms with E-state index in [-0.39, 0.29) is 29.9 Å². The van der Waals surface area contributed by atoms with Crippen molar-refractivity contribution in [3.63, 3.8) is 0 Å². The predicted molar refractivity (Wildman–Crippen MR) is 111 cm³/mol. The van der Waals surface area contributed by atoms with Gasteiger partial charge in [0.1, 0.15) is 6.04 Å². The number of ketones is 1. The number of rotatable bonds is 5. The van der Waals surface area contributed by atoms with Crippen molar-refractivity contribution < 1.29 is 28.8 Å². The first-order valence-electron chi connectivity index (χ1n) is 9.58. The number of hydrogen-bond donors (Lipinski definition) is 1. The standard InChI is InChI=1S/C21H24N2O5S/c1-13-7-6-10-23(13,21(27)28)19(25)11-18(29-14(2)24)20(26)16-12-22(3)17-9-5-4-8-15(16)17/h4-5,8-9,12-13,18H,6-7,10-11H2,1-3H3/p+1/t13-,18?,23?/m1/s1. The van der Waals surface area contributed by atoms with Crippen LogP contribution in [0, 0.1) is 0 Å². The number of likely N-dealkylation sites (tertiary alicyclic amines) is 1. The minimum Gasteiger partial charge on any atom is -0.435 e. The summed E-state index contributed by atoms with van der Waals surface area (Å²) in [4.78, 5) is 50.2. The molecule has 3 rings (SSSR count). The number of quaternary nitrogens is 1. The van der Waals surface area contributed by atoms with E-state index < -0.39 is 21.7 Å². The summed E-state index contributed by atoms with van der Waals surface area (Å²) in [5, 5.41) is 9.30. The molecule has 1 aromatic heterocycles. The van der Waals surface area contributed by atoms with Gasteiger partial charge >= 0.3 is 12.0 Å². The maximum Gasteiger partial charge on any atom is 0.521 e. The van der Waals surface area contributed by atoms with Gasteiger partial charge in [0, 0.05) is 49.5 Å². The van der Waals surface area contributed by atoms with E-state index in [9.17, 15) is 24.3 Å². The fraction of sp³-hybridized carbons (Fsp3) is 0.429. The second-order valence-corrected chi connectivity index (χ2v) is 8.98. The van der Waals surface area contributed by atoms with Gasteiger partial charge in [-0.05, 0) is 13.0 Å². The van der Waals surface area contributed by atoms with Crippen LogP contribution in [0.25, 0.3) is 10.9 Å². The highest BCUT2D eigenvalue weighted by atomic mass is 32.2. The van der Waals surface area contributed by atoms with Gasteiger partial charge in [-0.15, -0.1) is 0 Å². The maximum absolute atomic E-state index is 13.3. The minimum atomic E-state index is -1.19. The highest BCUT2D eigenvalue weighted by Crippen LogP contribution is 2.32. The van der Waals surface area contributed by atoms with E-state index in [1.807, 2.05) is 35.9 Å². The predicted octanol–water partition coefficient (Wildman–Crippen LogP) is 3.60. The molecule has 1 aliphatic rings. The first-order chi connectivity index (χ1) is 13.7. The third-order valence-corrected chi connectivity index (χ3v) is 6.79. The first kappa shape index (κ1) is 21.3. The molecule has 1 saturated heterocycles. The van der Waals surface area contributed by atoms with Crippen LogP contribution in [-0.2, 0) is 16.6 Å². The number of carboxylic acid groups (broad SMARTS) is 1. The Hall–Kier alpha value is -2.45. The third-order valence-electron chi connectivity index (χ3n) is 5.79. The number of hydrogen-bond acceptors (Lipinski definition) is 5. The van der Waals surface area contributed by atoms with Crippen molar-refractivity contribution in [2.45, 2.75) is 44.4 Å². The third kappa shape index (κ3) is 3.74. The Bertz CT molecular complexity index is 998. The molecule has 1 aliphatic heterocycles. The van der Waals surface area contributed by atoms with Crippen molar-refractivity contribution in [3.8, 4) is 0 Å². The fourth-order valence-electron chi connectivity index (χ4n) is 4.26. The van der Waals surface area contributed by atoms with Gasteiger partial charge in [0.15, 0.2) is 10.9 Å². The minimum absolute atomic E-state index is 0.218. The summed E-state index contributed by atoms with van der Waals surface area (Å²) in [6.07, 6.45) is 1.50. The van der Waals surface area contributed by atoms with Gasteiger partial charge in [-0.1, -0.05) is 30.0 Å². The molecule has 3 atom stereocenters. The smallest absolute Gasteiger partial charge is 0.435 e. The molecule has 154 valence electrons. The van der Waals surface area contributed by atoms with Crippen molar-refractivity contribution in [3.05, 3.63) is 36.0 Å². The molecular weight excluding hydrogens is 392 g/mol. The number of Topliss-reactive ketones (excluding diaryl/α,β-unsaturated/α-hetero) is 1. The van der Waals surface area contributed by atoms with Crippen molar-refractivity contribution in [1.29, 1.82) is 0 Å². The number of carbonyl (C=O) groups excluding carboxylic acids is 3. The quantitative estimate of drug-likeness (QED) is 0.590. The number of aryl methyl sites for hydroxylation is 1. The zero-order valence-electron chi connectivity index (χ0n) is 16.8. The summed E-state index contributed by atoms with van der Waals surface area (Å²) < 4.78 is 1.16. The van der Waals surface area contributed by atoms with Crippen LogP contribution in [0.4, 0.5) is 4.79 Å². The van der Waals surface area contributed by atoms with Crippen LogP contribution in [0.1, 0.15) is 43.5 Å². The van der Waals surface area contributed by atoms with E-state index in [1.54, 1.807) is 13.1 Å². The summed E-state index contributed by atoms with van der Waals surface area (Å²) in [5.41, 5.74) is 1.31. The molecule has 1 fully saturated rings. The molecule has 8 heteroatoms. The van der Waals surface area contributed by atoms with E-state index in [1.165, 1.54) is 6.92 Å². The molecular formula is C21H25N2O5S+. The number of aromatic nitrogens is 1. The molecule has 29 heavy (non-hydrogen) atoms. The van der Waals surface area contributed by atoms with Gasteiger partial charge < -0.3 is 9.67 Å². The largest absolute Gasteiger partial charge is 0.521 e.